The zero-order valence-corrected chi connectivity index (χ0v) is 24.2. The van der Waals surface area contributed by atoms with Gasteiger partial charge in [-0.1, -0.05) is 54.6 Å². The minimum absolute atomic E-state index is 0.140. The number of ether oxygens (including phenoxy) is 3. The zero-order chi connectivity index (χ0) is 29.1. The van der Waals surface area contributed by atoms with Gasteiger partial charge in [0, 0.05) is 34.9 Å². The van der Waals surface area contributed by atoms with Gasteiger partial charge in [0.1, 0.15) is 11.4 Å². The molecule has 2 aromatic heterocycles. The molecule has 1 aliphatic carbocycles. The molecule has 8 nitrogen and oxygen atoms in total. The maximum Gasteiger partial charge on any atom is 0.355 e. The number of hydrogen-bond acceptors (Lipinski definition) is 6. The van der Waals surface area contributed by atoms with E-state index >= 15 is 0 Å². The molecule has 8 heteroatoms. The molecular formula is C34H37N3O5. The molecule has 0 saturated heterocycles. The number of carbonyl (C=O) groups is 1. The second-order valence-corrected chi connectivity index (χ2v) is 10.7. The van der Waals surface area contributed by atoms with Gasteiger partial charge in [0.05, 0.1) is 49.9 Å². The third-order valence-electron chi connectivity index (χ3n) is 7.97. The van der Waals surface area contributed by atoms with Gasteiger partial charge in [0.2, 0.25) is 0 Å². The van der Waals surface area contributed by atoms with Crippen LogP contribution in [0.4, 0.5) is 0 Å². The highest BCUT2D eigenvalue weighted by Gasteiger charge is 2.33. The monoisotopic (exact) mass is 567 g/mol. The molecule has 2 heterocycles. The number of fused-ring (bicyclic) bond motifs is 2. The smallest absolute Gasteiger partial charge is 0.355 e. The minimum Gasteiger partial charge on any atom is -0.493 e. The van der Waals surface area contributed by atoms with Gasteiger partial charge in [-0.25, -0.2) is 4.79 Å². The summed E-state index contributed by atoms with van der Waals surface area (Å²) in [5.41, 5.74) is 5.88. The quantitative estimate of drug-likeness (QED) is 0.126. The second-order valence-electron chi connectivity index (χ2n) is 10.7. The summed E-state index contributed by atoms with van der Waals surface area (Å²) in [4.78, 5) is 16.6. The van der Waals surface area contributed by atoms with Gasteiger partial charge in [-0.15, -0.1) is 0 Å². The number of aromatic amines is 1. The minimum atomic E-state index is -0.370. The van der Waals surface area contributed by atoms with Crippen LogP contribution < -0.4 is 4.74 Å². The van der Waals surface area contributed by atoms with E-state index in [1.54, 1.807) is 7.11 Å². The van der Waals surface area contributed by atoms with Crippen LogP contribution in [0.15, 0.2) is 60.7 Å². The lowest BCUT2D eigenvalue weighted by atomic mass is 9.97. The lowest BCUT2D eigenvalue weighted by Crippen LogP contribution is -2.10. The number of benzene rings is 3. The van der Waals surface area contributed by atoms with Crippen molar-refractivity contribution >= 4 is 27.6 Å². The number of aromatic nitrogens is 3. The Morgan fingerprint density at radius 2 is 1.83 bits per heavy atom. The van der Waals surface area contributed by atoms with Crippen molar-refractivity contribution in [3.8, 4) is 16.9 Å². The molecule has 0 aliphatic heterocycles. The number of carbonyl (C=O) groups excluding carboxylic acids is 1. The SMILES string of the molecule is CCOC(=O)c1[nH]c2c(-c3c(C4CC4)nn(CCOC)c3CO)cccc2c1CCCOc1cccc2ccccc12. The molecule has 3 aromatic carbocycles. The lowest BCUT2D eigenvalue weighted by Gasteiger charge is -2.10. The van der Waals surface area contributed by atoms with E-state index in [0.29, 0.717) is 37.8 Å². The van der Waals surface area contributed by atoms with E-state index < -0.39 is 0 Å². The first-order chi connectivity index (χ1) is 20.6. The average molecular weight is 568 g/mol. The molecule has 0 amide bonds. The number of aliphatic hydroxyl groups is 1. The highest BCUT2D eigenvalue weighted by atomic mass is 16.5. The largest absolute Gasteiger partial charge is 0.493 e. The maximum atomic E-state index is 13.2. The Bertz CT molecular complexity index is 1710. The summed E-state index contributed by atoms with van der Waals surface area (Å²) in [7, 11) is 1.66. The molecular weight excluding hydrogens is 530 g/mol. The Kier molecular flexibility index (Phi) is 8.26. The Balaban J connectivity index is 1.35. The zero-order valence-electron chi connectivity index (χ0n) is 24.2. The lowest BCUT2D eigenvalue weighted by molar-refractivity contribution is 0.0519. The molecule has 0 atom stereocenters. The van der Waals surface area contributed by atoms with Gasteiger partial charge in [-0.2, -0.15) is 5.10 Å². The van der Waals surface area contributed by atoms with Crippen molar-refractivity contribution < 1.29 is 24.1 Å². The molecule has 0 spiro atoms. The summed E-state index contributed by atoms with van der Waals surface area (Å²) in [6.07, 6.45) is 3.51. The van der Waals surface area contributed by atoms with Crippen molar-refractivity contribution in [1.82, 2.24) is 14.8 Å². The van der Waals surface area contributed by atoms with Crippen LogP contribution in [0, 0.1) is 0 Å². The number of para-hydroxylation sites is 1. The molecule has 6 rings (SSSR count). The molecule has 0 bridgehead atoms. The summed E-state index contributed by atoms with van der Waals surface area (Å²) in [5.74, 6) is 0.856. The maximum absolute atomic E-state index is 13.2. The third-order valence-corrected chi connectivity index (χ3v) is 7.97. The molecule has 1 aliphatic rings. The van der Waals surface area contributed by atoms with Crippen LogP contribution in [-0.4, -0.2) is 52.8 Å². The molecule has 5 aromatic rings. The molecule has 218 valence electrons. The fraction of sp³-hybridized carbons (Fsp3) is 0.353. The number of aliphatic hydroxyl groups excluding tert-OH is 1. The second kappa shape index (κ2) is 12.4. The van der Waals surface area contributed by atoms with E-state index in [-0.39, 0.29) is 19.2 Å². The Labute approximate surface area is 245 Å². The number of rotatable bonds is 13. The van der Waals surface area contributed by atoms with Crippen LogP contribution in [0.2, 0.25) is 0 Å². The fourth-order valence-electron chi connectivity index (χ4n) is 5.85. The van der Waals surface area contributed by atoms with E-state index in [0.717, 1.165) is 74.8 Å². The number of esters is 1. The van der Waals surface area contributed by atoms with E-state index in [1.807, 2.05) is 54.1 Å². The fourth-order valence-corrected chi connectivity index (χ4v) is 5.85. The van der Waals surface area contributed by atoms with Gasteiger partial charge in [0.15, 0.2) is 0 Å². The van der Waals surface area contributed by atoms with E-state index in [4.69, 9.17) is 19.3 Å². The van der Waals surface area contributed by atoms with Gasteiger partial charge >= 0.3 is 5.97 Å². The number of nitrogens with zero attached hydrogens (tertiary/aromatic N) is 2. The topological polar surface area (TPSA) is 98.6 Å². The number of methoxy groups -OCH3 is 1. The van der Waals surface area contributed by atoms with Crippen LogP contribution >= 0.6 is 0 Å². The van der Waals surface area contributed by atoms with Crippen LogP contribution in [0.25, 0.3) is 32.8 Å². The molecule has 1 saturated carbocycles. The van der Waals surface area contributed by atoms with Crippen LogP contribution in [0.5, 0.6) is 5.75 Å². The third kappa shape index (κ3) is 5.40. The number of hydrogen-bond donors (Lipinski definition) is 2. The number of H-pyrrole nitrogens is 1. The predicted octanol–water partition coefficient (Wildman–Crippen LogP) is 6.39. The summed E-state index contributed by atoms with van der Waals surface area (Å²) in [6.45, 7) is 3.53. The van der Waals surface area contributed by atoms with Crippen molar-refractivity contribution in [2.45, 2.75) is 51.7 Å². The van der Waals surface area contributed by atoms with Crippen molar-refractivity contribution in [3.63, 3.8) is 0 Å². The van der Waals surface area contributed by atoms with Gasteiger partial charge in [-0.05, 0) is 49.6 Å². The molecule has 42 heavy (non-hydrogen) atoms. The van der Waals surface area contributed by atoms with Crippen molar-refractivity contribution in [3.05, 3.63) is 83.3 Å². The van der Waals surface area contributed by atoms with E-state index in [1.165, 1.54) is 0 Å². The Morgan fingerprint density at radius 3 is 2.62 bits per heavy atom. The van der Waals surface area contributed by atoms with Gasteiger partial charge in [0.25, 0.3) is 0 Å². The van der Waals surface area contributed by atoms with Crippen molar-refractivity contribution in [1.29, 1.82) is 0 Å². The summed E-state index contributed by atoms with van der Waals surface area (Å²) in [6, 6.07) is 20.4. The van der Waals surface area contributed by atoms with E-state index in [2.05, 4.69) is 23.2 Å². The number of nitrogens with one attached hydrogen (secondary N) is 1. The van der Waals surface area contributed by atoms with E-state index in [9.17, 15) is 9.90 Å². The summed E-state index contributed by atoms with van der Waals surface area (Å²) < 4.78 is 18.8. The van der Waals surface area contributed by atoms with Crippen molar-refractivity contribution in [2.24, 2.45) is 0 Å². The first kappa shape index (κ1) is 28.0. The predicted molar refractivity (Wildman–Crippen MR) is 163 cm³/mol. The highest BCUT2D eigenvalue weighted by Crippen LogP contribution is 2.46. The Morgan fingerprint density at radius 1 is 1.05 bits per heavy atom. The first-order valence-corrected chi connectivity index (χ1v) is 14.8. The highest BCUT2D eigenvalue weighted by molar-refractivity contribution is 6.04. The molecule has 1 fully saturated rings. The molecule has 2 N–H and O–H groups in total. The average Bonchev–Trinajstić information content (AvgIpc) is 3.70. The summed E-state index contributed by atoms with van der Waals surface area (Å²) >= 11 is 0. The number of aryl methyl sites for hydroxylation is 1. The van der Waals surface area contributed by atoms with Crippen LogP contribution in [0.3, 0.4) is 0 Å². The Hall–Kier alpha value is -4.14. The first-order valence-electron chi connectivity index (χ1n) is 14.8. The molecule has 0 radical (unpaired) electrons. The summed E-state index contributed by atoms with van der Waals surface area (Å²) in [5, 5.41) is 18.6. The molecule has 0 unspecified atom stereocenters. The van der Waals surface area contributed by atoms with Gasteiger partial charge in [-0.3, -0.25) is 4.68 Å². The van der Waals surface area contributed by atoms with Crippen LogP contribution in [-0.2, 0) is 29.0 Å². The van der Waals surface area contributed by atoms with Crippen molar-refractivity contribution in [2.75, 3.05) is 26.9 Å². The van der Waals surface area contributed by atoms with Gasteiger partial charge < -0.3 is 24.3 Å². The standard InChI is InChI=1S/C34H37N3O5/c1-3-41-34(39)33-26(14-8-19-42-29-15-6-10-22-9-4-5-11-24(22)29)25-12-7-13-27(32(25)35-33)30-28(21-38)37(18-20-40-2)36-31(30)23-16-17-23/h4-7,9-13,15,23,35,38H,3,8,14,16-21H2,1-2H3. The normalized spacial score (nSPS) is 13.2. The van der Waals surface area contributed by atoms with Crippen LogP contribution in [0.1, 0.15) is 59.5 Å².